The lowest BCUT2D eigenvalue weighted by atomic mass is 9.87. The maximum atomic E-state index is 10.9. The molecule has 0 aliphatic rings. The first kappa shape index (κ1) is 15.2. The van der Waals surface area contributed by atoms with Gasteiger partial charge in [0.25, 0.3) is 5.69 Å². The Kier molecular flexibility index (Phi) is 4.31. The molecule has 1 rings (SSSR count). The summed E-state index contributed by atoms with van der Waals surface area (Å²) in [5.41, 5.74) is 2.34. The summed E-state index contributed by atoms with van der Waals surface area (Å²) in [4.78, 5) is 16.6. The second-order valence-electron chi connectivity index (χ2n) is 5.62. The van der Waals surface area contributed by atoms with Crippen LogP contribution in [-0.4, -0.2) is 23.0 Å². The first-order chi connectivity index (χ1) is 8.66. The number of aromatic nitrogens is 1. The molecule has 7 heteroatoms. The highest BCUT2D eigenvalue weighted by Crippen LogP contribution is 2.29. The van der Waals surface area contributed by atoms with E-state index in [1.165, 1.54) is 12.1 Å². The molecular weight excluding hydrogens is 246 g/mol. The van der Waals surface area contributed by atoms with Crippen LogP contribution in [0.1, 0.15) is 27.7 Å². The maximum Gasteiger partial charge on any atom is 0.276 e. The summed E-state index contributed by atoms with van der Waals surface area (Å²) < 4.78 is 0. The number of nitrogens with one attached hydrogen (secondary N) is 1. The van der Waals surface area contributed by atoms with E-state index in [2.05, 4.69) is 38.1 Å². The van der Waals surface area contributed by atoms with Crippen LogP contribution in [0.4, 0.5) is 17.3 Å². The third kappa shape index (κ3) is 3.54. The van der Waals surface area contributed by atoms with Gasteiger partial charge in [0.05, 0.1) is 17.1 Å². The molecule has 1 aromatic heterocycles. The zero-order chi connectivity index (χ0) is 14.8. The monoisotopic (exact) mass is 267 g/mol. The van der Waals surface area contributed by atoms with Crippen LogP contribution >= 0.6 is 0 Å². The van der Waals surface area contributed by atoms with E-state index in [1.54, 1.807) is 0 Å². The Morgan fingerprint density at radius 2 is 2.05 bits per heavy atom. The van der Waals surface area contributed by atoms with Crippen LogP contribution in [0, 0.1) is 15.5 Å². The first-order valence-corrected chi connectivity index (χ1v) is 6.02. The molecule has 0 saturated carbocycles. The zero-order valence-electron chi connectivity index (χ0n) is 12.0. The summed E-state index contributed by atoms with van der Waals surface area (Å²) in [6.45, 7) is 8.37. The summed E-state index contributed by atoms with van der Waals surface area (Å²) in [6.07, 6.45) is 0. The van der Waals surface area contributed by atoms with E-state index in [9.17, 15) is 10.1 Å². The van der Waals surface area contributed by atoms with Gasteiger partial charge in [-0.3, -0.25) is 10.1 Å². The molecule has 0 spiro atoms. The molecule has 7 nitrogen and oxygen atoms in total. The van der Waals surface area contributed by atoms with Crippen molar-refractivity contribution in [3.8, 4) is 0 Å². The van der Waals surface area contributed by atoms with Crippen molar-refractivity contribution in [3.63, 3.8) is 0 Å². The molecule has 3 N–H and O–H groups in total. The van der Waals surface area contributed by atoms with Crippen LogP contribution in [-0.2, 0) is 0 Å². The molecular formula is C12H21N5O2. The minimum atomic E-state index is -0.457. The molecule has 0 aliphatic carbocycles. The average molecular weight is 267 g/mol. The van der Waals surface area contributed by atoms with E-state index in [-0.39, 0.29) is 23.0 Å². The number of nitro groups is 1. The van der Waals surface area contributed by atoms with Crippen LogP contribution < -0.4 is 16.2 Å². The molecule has 0 saturated heterocycles. The number of anilines is 2. The number of rotatable bonds is 4. The van der Waals surface area contributed by atoms with Crippen LogP contribution in [0.3, 0.4) is 0 Å². The number of nitrogen functional groups attached to an aromatic ring is 1. The normalized spacial score (nSPS) is 12.9. The fraction of sp³-hybridized carbons (Fsp3) is 0.583. The second kappa shape index (κ2) is 5.40. The Morgan fingerprint density at radius 3 is 2.47 bits per heavy atom. The molecule has 106 valence electrons. The largest absolute Gasteiger partial charge is 0.356 e. The molecule has 1 atom stereocenters. The van der Waals surface area contributed by atoms with E-state index in [0.29, 0.717) is 5.82 Å². The Morgan fingerprint density at radius 1 is 1.47 bits per heavy atom. The van der Waals surface area contributed by atoms with Gasteiger partial charge in [-0.15, -0.1) is 0 Å². The van der Waals surface area contributed by atoms with E-state index in [4.69, 9.17) is 5.84 Å². The molecule has 1 heterocycles. The average Bonchev–Trinajstić information content (AvgIpc) is 2.35. The summed E-state index contributed by atoms with van der Waals surface area (Å²) in [7, 11) is 1.86. The summed E-state index contributed by atoms with van der Waals surface area (Å²) >= 11 is 0. The predicted octanol–water partition coefficient (Wildman–Crippen LogP) is 2.15. The molecule has 0 radical (unpaired) electrons. The van der Waals surface area contributed by atoms with Gasteiger partial charge in [0.1, 0.15) is 11.6 Å². The number of pyridine rings is 1. The summed E-state index contributed by atoms with van der Waals surface area (Å²) in [5.74, 6) is 6.09. The van der Waals surface area contributed by atoms with Crippen molar-refractivity contribution in [2.24, 2.45) is 11.3 Å². The highest BCUT2D eigenvalue weighted by molar-refractivity contribution is 5.55. The van der Waals surface area contributed by atoms with Gasteiger partial charge in [0, 0.05) is 13.1 Å². The highest BCUT2D eigenvalue weighted by Gasteiger charge is 2.26. The molecule has 19 heavy (non-hydrogen) atoms. The van der Waals surface area contributed by atoms with Crippen LogP contribution in [0.2, 0.25) is 0 Å². The second-order valence-corrected chi connectivity index (χ2v) is 5.62. The number of hydrogen-bond acceptors (Lipinski definition) is 6. The van der Waals surface area contributed by atoms with E-state index in [1.807, 2.05) is 11.9 Å². The van der Waals surface area contributed by atoms with Crippen molar-refractivity contribution in [3.05, 3.63) is 22.2 Å². The molecule has 1 unspecified atom stereocenters. The smallest absolute Gasteiger partial charge is 0.276 e. The van der Waals surface area contributed by atoms with E-state index >= 15 is 0 Å². The van der Waals surface area contributed by atoms with Crippen molar-refractivity contribution < 1.29 is 4.92 Å². The summed E-state index contributed by atoms with van der Waals surface area (Å²) in [5, 5.41) is 10.9. The number of hydrazine groups is 1. The fourth-order valence-corrected chi connectivity index (χ4v) is 1.64. The standard InChI is InChI=1S/C12H21N5O2/c1-8(12(2,3)4)16(5)11-7-9(17(18)19)6-10(14-11)15-13/h6-8H,13H2,1-5H3,(H,14,15). The SMILES string of the molecule is CC(N(C)c1cc([N+](=O)[O-])cc(NN)n1)C(C)(C)C. The maximum absolute atomic E-state index is 10.9. The fourth-order valence-electron chi connectivity index (χ4n) is 1.64. The van der Waals surface area contributed by atoms with Gasteiger partial charge in [0.15, 0.2) is 0 Å². The molecule has 0 aromatic carbocycles. The minimum Gasteiger partial charge on any atom is -0.356 e. The third-order valence-corrected chi connectivity index (χ3v) is 3.35. The molecule has 0 bridgehead atoms. The van der Waals surface area contributed by atoms with E-state index in [0.717, 1.165) is 0 Å². The third-order valence-electron chi connectivity index (χ3n) is 3.35. The van der Waals surface area contributed by atoms with Gasteiger partial charge < -0.3 is 10.3 Å². The predicted molar refractivity (Wildman–Crippen MR) is 76.0 cm³/mol. The molecule has 1 aromatic rings. The Balaban J connectivity index is 3.19. The lowest BCUT2D eigenvalue weighted by molar-refractivity contribution is -0.384. The van der Waals surface area contributed by atoms with Crippen molar-refractivity contribution >= 4 is 17.3 Å². The Labute approximate surface area is 112 Å². The van der Waals surface area contributed by atoms with Gasteiger partial charge in [-0.2, -0.15) is 0 Å². The van der Waals surface area contributed by atoms with Crippen LogP contribution in [0.5, 0.6) is 0 Å². The van der Waals surface area contributed by atoms with Crippen molar-refractivity contribution in [1.82, 2.24) is 4.98 Å². The quantitative estimate of drug-likeness (QED) is 0.493. The van der Waals surface area contributed by atoms with Crippen molar-refractivity contribution in [1.29, 1.82) is 0 Å². The molecule has 0 amide bonds. The zero-order valence-corrected chi connectivity index (χ0v) is 12.0. The van der Waals surface area contributed by atoms with Crippen LogP contribution in [0.15, 0.2) is 12.1 Å². The lowest BCUT2D eigenvalue weighted by Crippen LogP contribution is -2.39. The van der Waals surface area contributed by atoms with Gasteiger partial charge in [-0.05, 0) is 12.3 Å². The number of nitrogens with two attached hydrogens (primary N) is 1. The van der Waals surface area contributed by atoms with Gasteiger partial charge in [-0.25, -0.2) is 10.8 Å². The van der Waals surface area contributed by atoms with Gasteiger partial charge in [0.2, 0.25) is 0 Å². The Hall–Kier alpha value is -1.89. The van der Waals surface area contributed by atoms with Crippen molar-refractivity contribution in [2.75, 3.05) is 17.4 Å². The first-order valence-electron chi connectivity index (χ1n) is 6.02. The number of nitrogens with zero attached hydrogens (tertiary/aromatic N) is 3. The van der Waals surface area contributed by atoms with Crippen molar-refractivity contribution in [2.45, 2.75) is 33.7 Å². The molecule has 0 aliphatic heterocycles. The minimum absolute atomic E-state index is 0.0252. The van der Waals surface area contributed by atoms with Crippen LogP contribution in [0.25, 0.3) is 0 Å². The molecule has 0 fully saturated rings. The van der Waals surface area contributed by atoms with Gasteiger partial charge in [-0.1, -0.05) is 20.8 Å². The highest BCUT2D eigenvalue weighted by atomic mass is 16.6. The lowest BCUT2D eigenvalue weighted by Gasteiger charge is -2.36. The Bertz CT molecular complexity index is 470. The van der Waals surface area contributed by atoms with Gasteiger partial charge >= 0.3 is 0 Å². The topological polar surface area (TPSA) is 97.3 Å². The van der Waals surface area contributed by atoms with E-state index < -0.39 is 4.92 Å². The summed E-state index contributed by atoms with van der Waals surface area (Å²) in [6, 6.07) is 2.91. The number of hydrogen-bond donors (Lipinski definition) is 2.